The van der Waals surface area contributed by atoms with Crippen molar-refractivity contribution in [3.05, 3.63) is 52.5 Å². The highest BCUT2D eigenvalue weighted by molar-refractivity contribution is 6.32. The average molecular weight is 456 g/mol. The summed E-state index contributed by atoms with van der Waals surface area (Å²) in [6, 6.07) is 11.5. The van der Waals surface area contributed by atoms with Crippen molar-refractivity contribution in [1.82, 2.24) is 15.0 Å². The fourth-order valence-corrected chi connectivity index (χ4v) is 4.00. The first-order valence-electron chi connectivity index (χ1n) is 10.7. The molecule has 8 heteroatoms. The summed E-state index contributed by atoms with van der Waals surface area (Å²) in [5.41, 5.74) is 4.02. The van der Waals surface area contributed by atoms with E-state index in [9.17, 15) is 4.79 Å². The number of esters is 1. The zero-order valence-corrected chi connectivity index (χ0v) is 19.2. The lowest BCUT2D eigenvalue weighted by molar-refractivity contribution is -0.143. The van der Waals surface area contributed by atoms with Crippen LogP contribution in [-0.4, -0.2) is 40.3 Å². The molecule has 0 amide bonds. The predicted molar refractivity (Wildman–Crippen MR) is 121 cm³/mol. The van der Waals surface area contributed by atoms with Gasteiger partial charge in [0.05, 0.1) is 24.2 Å². The molecule has 32 heavy (non-hydrogen) atoms. The van der Waals surface area contributed by atoms with Crippen LogP contribution in [0.5, 0.6) is 5.75 Å². The minimum absolute atomic E-state index is 0.0328. The molecule has 0 fully saturated rings. The Morgan fingerprint density at radius 1 is 1.25 bits per heavy atom. The van der Waals surface area contributed by atoms with Crippen molar-refractivity contribution in [2.24, 2.45) is 0 Å². The number of fused-ring (bicyclic) bond motifs is 1. The van der Waals surface area contributed by atoms with Gasteiger partial charge in [-0.3, -0.25) is 9.69 Å². The third kappa shape index (κ3) is 4.95. The van der Waals surface area contributed by atoms with E-state index >= 15 is 0 Å². The maximum atomic E-state index is 11.7. The van der Waals surface area contributed by atoms with Crippen LogP contribution in [0.2, 0.25) is 5.02 Å². The van der Waals surface area contributed by atoms with Crippen LogP contribution in [0.3, 0.4) is 0 Å². The van der Waals surface area contributed by atoms with Gasteiger partial charge >= 0.3 is 5.97 Å². The summed E-state index contributed by atoms with van der Waals surface area (Å²) < 4.78 is 16.3. The number of halogens is 1. The van der Waals surface area contributed by atoms with Gasteiger partial charge in [-0.25, -0.2) is 0 Å². The molecule has 0 bridgehead atoms. The van der Waals surface area contributed by atoms with Crippen molar-refractivity contribution in [2.45, 2.75) is 46.4 Å². The van der Waals surface area contributed by atoms with Crippen molar-refractivity contribution < 1.29 is 18.8 Å². The van der Waals surface area contributed by atoms with Crippen LogP contribution in [0.15, 0.2) is 40.9 Å². The van der Waals surface area contributed by atoms with Gasteiger partial charge in [-0.1, -0.05) is 35.0 Å². The number of ether oxygens (including phenoxy) is 2. The molecule has 2 heterocycles. The van der Waals surface area contributed by atoms with Crippen molar-refractivity contribution in [3.63, 3.8) is 0 Å². The second-order valence-corrected chi connectivity index (χ2v) is 8.35. The highest BCUT2D eigenvalue weighted by atomic mass is 35.5. The van der Waals surface area contributed by atoms with Crippen molar-refractivity contribution >= 4 is 17.6 Å². The molecule has 1 aromatic heterocycles. The summed E-state index contributed by atoms with van der Waals surface area (Å²) >= 11 is 6.36. The van der Waals surface area contributed by atoms with E-state index in [1.165, 1.54) is 5.56 Å². The monoisotopic (exact) mass is 455 g/mol. The Labute approximate surface area is 192 Å². The zero-order valence-electron chi connectivity index (χ0n) is 18.4. The standard InChI is InChI=1S/C24H26ClN3O4/c1-4-30-22(29)10-11-28-13-17-6-5-7-18(19(17)14-28)23-26-24(32-27-23)16-8-9-21(20(25)12-16)31-15(2)3/h5-9,12,15H,4,10-11,13-14H2,1-3H3. The Bertz CT molecular complexity index is 1110. The molecule has 4 rings (SSSR count). The highest BCUT2D eigenvalue weighted by Crippen LogP contribution is 2.34. The second kappa shape index (κ2) is 9.71. The van der Waals surface area contributed by atoms with E-state index in [2.05, 4.69) is 21.1 Å². The summed E-state index contributed by atoms with van der Waals surface area (Å²) in [5, 5.41) is 4.71. The molecule has 0 atom stereocenters. The molecule has 0 unspecified atom stereocenters. The average Bonchev–Trinajstić information content (AvgIpc) is 3.40. The molecule has 7 nitrogen and oxygen atoms in total. The molecule has 0 radical (unpaired) electrons. The number of nitrogens with zero attached hydrogens (tertiary/aromatic N) is 3. The van der Waals surface area contributed by atoms with E-state index in [1.54, 1.807) is 6.07 Å². The summed E-state index contributed by atoms with van der Waals surface area (Å²) in [5.74, 6) is 1.37. The molecule has 0 spiro atoms. The van der Waals surface area contributed by atoms with Crippen LogP contribution in [-0.2, 0) is 22.6 Å². The number of hydrogen-bond donors (Lipinski definition) is 0. The molecule has 2 aromatic carbocycles. The minimum atomic E-state index is -0.171. The van der Waals surface area contributed by atoms with Gasteiger partial charge in [0.1, 0.15) is 5.75 Å². The van der Waals surface area contributed by atoms with Crippen molar-refractivity contribution in [2.75, 3.05) is 13.2 Å². The Kier molecular flexibility index (Phi) is 6.77. The normalized spacial score (nSPS) is 13.4. The van der Waals surface area contributed by atoms with Gasteiger partial charge in [0.25, 0.3) is 5.89 Å². The molecular formula is C24H26ClN3O4. The maximum Gasteiger partial charge on any atom is 0.307 e. The summed E-state index contributed by atoms with van der Waals surface area (Å²) in [6.45, 7) is 8.27. The zero-order chi connectivity index (χ0) is 22.7. The highest BCUT2D eigenvalue weighted by Gasteiger charge is 2.24. The van der Waals surface area contributed by atoms with Gasteiger partial charge < -0.3 is 14.0 Å². The van der Waals surface area contributed by atoms with E-state index in [4.69, 9.17) is 25.6 Å². The van der Waals surface area contributed by atoms with E-state index in [0.717, 1.165) is 29.8 Å². The number of benzene rings is 2. The van der Waals surface area contributed by atoms with Gasteiger partial charge in [0.2, 0.25) is 5.82 Å². The third-order valence-corrected chi connectivity index (χ3v) is 5.49. The predicted octanol–water partition coefficient (Wildman–Crippen LogP) is 5.11. The first-order chi connectivity index (χ1) is 15.4. The number of aromatic nitrogens is 2. The fraction of sp³-hybridized carbons (Fsp3) is 0.375. The van der Waals surface area contributed by atoms with Crippen molar-refractivity contribution in [1.29, 1.82) is 0 Å². The first-order valence-corrected chi connectivity index (χ1v) is 11.1. The maximum absolute atomic E-state index is 11.7. The molecule has 1 aliphatic heterocycles. The molecule has 168 valence electrons. The van der Waals surface area contributed by atoms with Gasteiger partial charge in [0.15, 0.2) is 0 Å². The second-order valence-electron chi connectivity index (χ2n) is 7.94. The lowest BCUT2D eigenvalue weighted by atomic mass is 10.0. The SMILES string of the molecule is CCOC(=O)CCN1Cc2cccc(-c3noc(-c4ccc(OC(C)C)c(Cl)c4)n3)c2C1. The lowest BCUT2D eigenvalue weighted by Crippen LogP contribution is -2.21. The van der Waals surface area contributed by atoms with Gasteiger partial charge in [-0.05, 0) is 50.1 Å². The summed E-state index contributed by atoms with van der Waals surface area (Å²) in [6.07, 6.45) is 0.409. The summed E-state index contributed by atoms with van der Waals surface area (Å²) in [7, 11) is 0. The minimum Gasteiger partial charge on any atom is -0.489 e. The molecule has 0 saturated heterocycles. The van der Waals surface area contributed by atoms with E-state index in [-0.39, 0.29) is 12.1 Å². The van der Waals surface area contributed by atoms with Crippen LogP contribution < -0.4 is 4.74 Å². The number of carbonyl (C=O) groups excluding carboxylic acids is 1. The molecule has 0 saturated carbocycles. The van der Waals surface area contributed by atoms with E-state index in [0.29, 0.717) is 42.1 Å². The van der Waals surface area contributed by atoms with Crippen LogP contribution in [0.25, 0.3) is 22.8 Å². The molecule has 0 aliphatic carbocycles. The molecular weight excluding hydrogens is 430 g/mol. The Morgan fingerprint density at radius 3 is 2.84 bits per heavy atom. The molecule has 1 aliphatic rings. The van der Waals surface area contributed by atoms with Gasteiger partial charge in [0, 0.05) is 30.8 Å². The Balaban J connectivity index is 1.51. The number of carbonyl (C=O) groups is 1. The van der Waals surface area contributed by atoms with E-state index < -0.39 is 0 Å². The first kappa shape index (κ1) is 22.3. The van der Waals surface area contributed by atoms with Gasteiger partial charge in [-0.15, -0.1) is 0 Å². The number of rotatable bonds is 8. The smallest absolute Gasteiger partial charge is 0.307 e. The van der Waals surface area contributed by atoms with Gasteiger partial charge in [-0.2, -0.15) is 4.98 Å². The van der Waals surface area contributed by atoms with Crippen molar-refractivity contribution in [3.8, 4) is 28.6 Å². The van der Waals surface area contributed by atoms with Crippen LogP contribution >= 0.6 is 11.6 Å². The largest absolute Gasteiger partial charge is 0.489 e. The Morgan fingerprint density at radius 2 is 2.09 bits per heavy atom. The number of hydrogen-bond acceptors (Lipinski definition) is 7. The topological polar surface area (TPSA) is 77.7 Å². The van der Waals surface area contributed by atoms with Crippen LogP contribution in [0, 0.1) is 0 Å². The lowest BCUT2D eigenvalue weighted by Gasteiger charge is -2.13. The third-order valence-electron chi connectivity index (χ3n) is 5.19. The summed E-state index contributed by atoms with van der Waals surface area (Å²) in [4.78, 5) is 18.5. The quantitative estimate of drug-likeness (QED) is 0.436. The molecule has 3 aromatic rings. The van der Waals surface area contributed by atoms with Crippen LogP contribution in [0.4, 0.5) is 0 Å². The Hall–Kier alpha value is -2.90. The molecule has 0 N–H and O–H groups in total. The van der Waals surface area contributed by atoms with Crippen LogP contribution in [0.1, 0.15) is 38.3 Å². The fourth-order valence-electron chi connectivity index (χ4n) is 3.77. The van der Waals surface area contributed by atoms with E-state index in [1.807, 2.05) is 45.0 Å².